The summed E-state index contributed by atoms with van der Waals surface area (Å²) in [4.78, 5) is 17.1. The van der Waals surface area contributed by atoms with Crippen molar-refractivity contribution in [1.82, 2.24) is 30.5 Å². The van der Waals surface area contributed by atoms with E-state index in [1.54, 1.807) is 0 Å². The van der Waals surface area contributed by atoms with Crippen molar-refractivity contribution in [2.45, 2.75) is 71.9 Å². The van der Waals surface area contributed by atoms with Gasteiger partial charge in [-0.15, -0.1) is 10.2 Å². The number of amides is 1. The van der Waals surface area contributed by atoms with E-state index in [0.29, 0.717) is 25.5 Å². The van der Waals surface area contributed by atoms with Gasteiger partial charge < -0.3 is 20.7 Å². The molecule has 0 fully saturated rings. The van der Waals surface area contributed by atoms with Gasteiger partial charge in [0.25, 0.3) is 0 Å². The van der Waals surface area contributed by atoms with E-state index in [2.05, 4.69) is 26.1 Å². The van der Waals surface area contributed by atoms with E-state index in [0.717, 1.165) is 30.9 Å². The summed E-state index contributed by atoms with van der Waals surface area (Å²) in [5.74, 6) is 1.59. The minimum Gasteiger partial charge on any atom is -0.444 e. The first kappa shape index (κ1) is 24.4. The molecule has 3 N–H and O–H groups in total. The molecular formula is C22H37N7O2. The molecule has 0 saturated carbocycles. The third kappa shape index (κ3) is 7.41. The van der Waals surface area contributed by atoms with E-state index in [1.165, 1.54) is 0 Å². The monoisotopic (exact) mass is 431 g/mol. The van der Waals surface area contributed by atoms with Crippen molar-refractivity contribution in [2.24, 2.45) is 4.99 Å². The molecule has 0 saturated heterocycles. The Hall–Kier alpha value is -2.84. The molecule has 31 heavy (non-hydrogen) atoms. The predicted molar refractivity (Wildman–Crippen MR) is 123 cm³/mol. The van der Waals surface area contributed by atoms with Crippen molar-refractivity contribution >= 4 is 17.7 Å². The van der Waals surface area contributed by atoms with Crippen molar-refractivity contribution in [3.63, 3.8) is 0 Å². The van der Waals surface area contributed by atoms with Crippen LogP contribution in [-0.4, -0.2) is 57.4 Å². The quantitative estimate of drug-likeness (QED) is 0.416. The van der Waals surface area contributed by atoms with Crippen LogP contribution < -0.4 is 16.0 Å². The Bertz CT molecular complexity index is 866. The van der Waals surface area contributed by atoms with Crippen LogP contribution in [-0.2, 0) is 11.2 Å². The van der Waals surface area contributed by atoms with E-state index >= 15 is 0 Å². The number of hydrogen-bond donors (Lipinski definition) is 3. The van der Waals surface area contributed by atoms with E-state index in [1.807, 2.05) is 70.3 Å². The average Bonchev–Trinajstić information content (AvgIpc) is 3.13. The van der Waals surface area contributed by atoms with E-state index in [4.69, 9.17) is 9.73 Å². The Balaban J connectivity index is 2.00. The van der Waals surface area contributed by atoms with Crippen LogP contribution in [0.25, 0.3) is 5.65 Å². The first-order chi connectivity index (χ1) is 14.7. The van der Waals surface area contributed by atoms with Crippen LogP contribution in [0.15, 0.2) is 29.4 Å². The van der Waals surface area contributed by atoms with E-state index in [9.17, 15) is 4.79 Å². The topological polar surface area (TPSA) is 105 Å². The zero-order valence-electron chi connectivity index (χ0n) is 19.7. The summed E-state index contributed by atoms with van der Waals surface area (Å²) in [6.07, 6.45) is 3.75. The molecule has 0 aliphatic carbocycles. The second-order valence-electron chi connectivity index (χ2n) is 8.53. The Morgan fingerprint density at radius 3 is 2.52 bits per heavy atom. The highest BCUT2D eigenvalue weighted by Crippen LogP contribution is 2.17. The molecule has 2 aromatic rings. The Kier molecular flexibility index (Phi) is 8.65. The van der Waals surface area contributed by atoms with Crippen LogP contribution >= 0.6 is 0 Å². The molecule has 9 heteroatoms. The van der Waals surface area contributed by atoms with Gasteiger partial charge in [-0.3, -0.25) is 9.39 Å². The van der Waals surface area contributed by atoms with E-state index < -0.39 is 17.2 Å². The summed E-state index contributed by atoms with van der Waals surface area (Å²) in [7, 11) is 0. The molecule has 0 aliphatic heterocycles. The van der Waals surface area contributed by atoms with Crippen LogP contribution in [0.2, 0.25) is 0 Å². The third-order valence-electron chi connectivity index (χ3n) is 5.03. The molecule has 0 atom stereocenters. The molecule has 0 radical (unpaired) electrons. The summed E-state index contributed by atoms with van der Waals surface area (Å²) in [6, 6.07) is 5.84. The first-order valence-electron chi connectivity index (χ1n) is 11.0. The number of pyridine rings is 1. The molecule has 0 aromatic carbocycles. The SMILES string of the molecule is CCNC(=NCC(CC)(CC)NC(=O)OC(C)(C)C)NCCc1nnc2ccccn12. The molecular weight excluding hydrogens is 394 g/mol. The minimum atomic E-state index is -0.539. The summed E-state index contributed by atoms with van der Waals surface area (Å²) in [5, 5.41) is 18.1. The number of ether oxygens (including phenoxy) is 1. The molecule has 0 unspecified atom stereocenters. The van der Waals surface area contributed by atoms with Crippen molar-refractivity contribution in [1.29, 1.82) is 0 Å². The van der Waals surface area contributed by atoms with Gasteiger partial charge in [0.05, 0.1) is 12.1 Å². The van der Waals surface area contributed by atoms with Gasteiger partial charge in [0, 0.05) is 25.7 Å². The zero-order chi connectivity index (χ0) is 22.9. The zero-order valence-corrected chi connectivity index (χ0v) is 19.7. The number of nitrogens with one attached hydrogen (secondary N) is 3. The average molecular weight is 432 g/mol. The van der Waals surface area contributed by atoms with Gasteiger partial charge in [-0.2, -0.15) is 0 Å². The standard InChI is InChI=1S/C22H37N7O2/c1-7-22(8-2,26-20(30)31-21(4,5)6)16-25-19(23-9-3)24-14-13-18-28-27-17-12-10-11-15-29(17)18/h10-12,15H,7-9,13-14,16H2,1-6H3,(H,26,30)(H2,23,24,25). The van der Waals surface area contributed by atoms with Gasteiger partial charge in [0.1, 0.15) is 11.4 Å². The first-order valence-corrected chi connectivity index (χ1v) is 11.0. The highest BCUT2D eigenvalue weighted by Gasteiger charge is 2.30. The smallest absolute Gasteiger partial charge is 0.408 e. The Morgan fingerprint density at radius 2 is 1.87 bits per heavy atom. The number of fused-ring (bicyclic) bond motifs is 1. The van der Waals surface area contributed by atoms with E-state index in [-0.39, 0.29) is 0 Å². The van der Waals surface area contributed by atoms with Gasteiger partial charge in [0.2, 0.25) is 0 Å². The summed E-state index contributed by atoms with van der Waals surface area (Å²) in [5.41, 5.74) is -0.168. The van der Waals surface area contributed by atoms with Gasteiger partial charge >= 0.3 is 6.09 Å². The minimum absolute atomic E-state index is 0.414. The summed E-state index contributed by atoms with van der Waals surface area (Å²) >= 11 is 0. The normalized spacial score (nSPS) is 12.6. The lowest BCUT2D eigenvalue weighted by atomic mass is 9.93. The maximum Gasteiger partial charge on any atom is 0.408 e. The van der Waals surface area contributed by atoms with Gasteiger partial charge in [-0.25, -0.2) is 4.79 Å². The number of nitrogens with zero attached hydrogens (tertiary/aromatic N) is 4. The van der Waals surface area contributed by atoms with Crippen molar-refractivity contribution in [3.8, 4) is 0 Å². The second kappa shape index (κ2) is 11.0. The molecule has 2 heterocycles. The van der Waals surface area contributed by atoms with Crippen LogP contribution in [0.3, 0.4) is 0 Å². The molecule has 9 nitrogen and oxygen atoms in total. The second-order valence-corrected chi connectivity index (χ2v) is 8.53. The number of alkyl carbamates (subject to hydrolysis) is 1. The van der Waals surface area contributed by atoms with Gasteiger partial charge in [-0.1, -0.05) is 19.9 Å². The fraction of sp³-hybridized carbons (Fsp3) is 0.636. The number of aliphatic imine (C=N–C) groups is 1. The maximum absolute atomic E-state index is 12.3. The van der Waals surface area contributed by atoms with Crippen molar-refractivity contribution in [2.75, 3.05) is 19.6 Å². The number of aromatic nitrogens is 3. The maximum atomic E-state index is 12.3. The van der Waals surface area contributed by atoms with Gasteiger partial charge in [0.15, 0.2) is 11.6 Å². The fourth-order valence-corrected chi connectivity index (χ4v) is 3.14. The highest BCUT2D eigenvalue weighted by molar-refractivity contribution is 5.79. The Labute approximate surface area is 185 Å². The lowest BCUT2D eigenvalue weighted by Crippen LogP contribution is -2.52. The number of rotatable bonds is 9. The lowest BCUT2D eigenvalue weighted by Gasteiger charge is -2.32. The van der Waals surface area contributed by atoms with Crippen molar-refractivity contribution < 1.29 is 9.53 Å². The number of carbonyl (C=O) groups is 1. The lowest BCUT2D eigenvalue weighted by molar-refractivity contribution is 0.0452. The van der Waals surface area contributed by atoms with Gasteiger partial charge in [-0.05, 0) is 52.7 Å². The molecule has 2 aromatic heterocycles. The molecule has 172 valence electrons. The largest absolute Gasteiger partial charge is 0.444 e. The predicted octanol–water partition coefficient (Wildman–Crippen LogP) is 2.91. The number of carbonyl (C=O) groups excluding carboxylic acids is 1. The van der Waals surface area contributed by atoms with Crippen LogP contribution in [0.1, 0.15) is 60.2 Å². The molecule has 2 rings (SSSR count). The Morgan fingerprint density at radius 1 is 1.13 bits per heavy atom. The summed E-state index contributed by atoms with van der Waals surface area (Å²) in [6.45, 7) is 13.5. The number of hydrogen-bond acceptors (Lipinski definition) is 5. The highest BCUT2D eigenvalue weighted by atomic mass is 16.6. The molecule has 1 amide bonds. The fourth-order valence-electron chi connectivity index (χ4n) is 3.14. The van der Waals surface area contributed by atoms with Crippen LogP contribution in [0.5, 0.6) is 0 Å². The third-order valence-corrected chi connectivity index (χ3v) is 5.03. The van der Waals surface area contributed by atoms with Crippen LogP contribution in [0, 0.1) is 0 Å². The van der Waals surface area contributed by atoms with Crippen molar-refractivity contribution in [3.05, 3.63) is 30.2 Å². The number of guanidine groups is 1. The molecule has 0 aliphatic rings. The van der Waals surface area contributed by atoms with Crippen LogP contribution in [0.4, 0.5) is 4.79 Å². The summed E-state index contributed by atoms with van der Waals surface area (Å²) < 4.78 is 7.43. The molecule has 0 bridgehead atoms. The molecule has 0 spiro atoms.